The highest BCUT2D eigenvalue weighted by molar-refractivity contribution is 7.14. The number of pyridine rings is 1. The quantitative estimate of drug-likeness (QED) is 0.398. The fourth-order valence-corrected chi connectivity index (χ4v) is 4.01. The topological polar surface area (TPSA) is 99.0 Å². The van der Waals surface area contributed by atoms with Gasteiger partial charge in [-0.25, -0.2) is 19.4 Å². The van der Waals surface area contributed by atoms with E-state index in [0.29, 0.717) is 10.9 Å². The second kappa shape index (κ2) is 9.51. The summed E-state index contributed by atoms with van der Waals surface area (Å²) in [7, 11) is 0. The zero-order valence-electron chi connectivity index (χ0n) is 18.1. The summed E-state index contributed by atoms with van der Waals surface area (Å²) >= 11 is 7.42. The van der Waals surface area contributed by atoms with Crippen LogP contribution in [0.2, 0.25) is 5.02 Å². The second-order valence-electron chi connectivity index (χ2n) is 7.37. The van der Waals surface area contributed by atoms with Crippen LogP contribution in [0.1, 0.15) is 27.4 Å². The number of aromatic nitrogens is 4. The molecule has 168 valence electrons. The number of esters is 1. The van der Waals surface area contributed by atoms with E-state index in [9.17, 15) is 9.59 Å². The molecule has 10 heteroatoms. The van der Waals surface area contributed by atoms with Crippen LogP contribution in [0.15, 0.2) is 47.8 Å². The van der Waals surface area contributed by atoms with Gasteiger partial charge in [0.05, 0.1) is 16.4 Å². The van der Waals surface area contributed by atoms with Crippen molar-refractivity contribution < 1.29 is 14.3 Å². The molecule has 0 radical (unpaired) electrons. The van der Waals surface area contributed by atoms with Crippen LogP contribution in [-0.2, 0) is 9.53 Å². The first kappa shape index (κ1) is 22.6. The third-order valence-electron chi connectivity index (χ3n) is 4.68. The van der Waals surface area contributed by atoms with E-state index in [4.69, 9.17) is 16.3 Å². The van der Waals surface area contributed by atoms with E-state index in [1.165, 1.54) is 11.3 Å². The van der Waals surface area contributed by atoms with Gasteiger partial charge < -0.3 is 4.74 Å². The Bertz CT molecular complexity index is 1330. The number of amides is 1. The number of nitrogens with one attached hydrogen (secondary N) is 1. The fraction of sp³-hybridized carbons (Fsp3) is 0.174. The van der Waals surface area contributed by atoms with Crippen LogP contribution in [-0.4, -0.2) is 38.2 Å². The predicted molar refractivity (Wildman–Crippen MR) is 127 cm³/mol. The lowest BCUT2D eigenvalue weighted by atomic mass is 10.1. The smallest absolute Gasteiger partial charge is 0.359 e. The molecule has 0 unspecified atom stereocenters. The van der Waals surface area contributed by atoms with Crippen molar-refractivity contribution in [3.8, 4) is 17.1 Å². The summed E-state index contributed by atoms with van der Waals surface area (Å²) in [5, 5.41) is 9.36. The summed E-state index contributed by atoms with van der Waals surface area (Å²) in [4.78, 5) is 33.5. The second-order valence-corrected chi connectivity index (χ2v) is 8.63. The number of benzene rings is 1. The van der Waals surface area contributed by atoms with Crippen molar-refractivity contribution >= 4 is 39.9 Å². The highest BCUT2D eigenvalue weighted by Gasteiger charge is 2.18. The molecule has 4 aromatic rings. The molecule has 33 heavy (non-hydrogen) atoms. The number of thiazole rings is 1. The third kappa shape index (κ3) is 5.27. The normalized spacial score (nSPS) is 10.8. The Labute approximate surface area is 199 Å². The third-order valence-corrected chi connectivity index (χ3v) is 5.75. The minimum absolute atomic E-state index is 0.0922. The largest absolute Gasteiger partial charge is 0.451 e. The van der Waals surface area contributed by atoms with Gasteiger partial charge in [-0.15, -0.1) is 11.3 Å². The van der Waals surface area contributed by atoms with E-state index in [1.54, 1.807) is 16.8 Å². The van der Waals surface area contributed by atoms with Gasteiger partial charge in [0.1, 0.15) is 0 Å². The Kier molecular flexibility index (Phi) is 6.52. The standard InChI is InChI=1S/C23H20ClN5O3S/c1-13-4-6-16(7-5-13)18-12-33-23(25-18)27-20(30)11-32-22(31)21-17(24)8-9-19(26-21)29-15(3)10-14(2)28-29/h4-10,12H,11H2,1-3H3,(H,25,27,30). The zero-order valence-corrected chi connectivity index (χ0v) is 19.7. The van der Waals surface area contributed by atoms with Crippen LogP contribution in [0, 0.1) is 20.8 Å². The monoisotopic (exact) mass is 481 g/mol. The maximum Gasteiger partial charge on any atom is 0.359 e. The number of hydrogen-bond donors (Lipinski definition) is 1. The molecule has 0 aliphatic heterocycles. The average Bonchev–Trinajstić information content (AvgIpc) is 3.38. The lowest BCUT2D eigenvalue weighted by Crippen LogP contribution is -2.21. The number of hydrogen-bond acceptors (Lipinski definition) is 7. The molecule has 0 spiro atoms. The molecule has 0 saturated heterocycles. The molecule has 0 bridgehead atoms. The molecule has 4 rings (SSSR count). The van der Waals surface area contributed by atoms with E-state index < -0.39 is 18.5 Å². The molecule has 0 fully saturated rings. The molecule has 1 amide bonds. The van der Waals surface area contributed by atoms with Gasteiger partial charge in [-0.2, -0.15) is 5.10 Å². The van der Waals surface area contributed by atoms with Crippen molar-refractivity contribution in [2.45, 2.75) is 20.8 Å². The molecule has 3 heterocycles. The minimum Gasteiger partial charge on any atom is -0.451 e. The highest BCUT2D eigenvalue weighted by Crippen LogP contribution is 2.25. The predicted octanol–water partition coefficient (Wildman–Crippen LogP) is 4.76. The number of rotatable bonds is 6. The highest BCUT2D eigenvalue weighted by atomic mass is 35.5. The van der Waals surface area contributed by atoms with E-state index in [-0.39, 0.29) is 10.7 Å². The van der Waals surface area contributed by atoms with E-state index in [1.807, 2.05) is 56.5 Å². The maximum atomic E-state index is 12.5. The van der Waals surface area contributed by atoms with Crippen LogP contribution in [0.5, 0.6) is 0 Å². The van der Waals surface area contributed by atoms with Gasteiger partial charge in [0.25, 0.3) is 5.91 Å². The SMILES string of the molecule is Cc1ccc(-c2csc(NC(=O)COC(=O)c3nc(-n4nc(C)cc4C)ccc3Cl)n2)cc1. The van der Waals surface area contributed by atoms with Crippen LogP contribution >= 0.6 is 22.9 Å². The molecule has 1 N–H and O–H groups in total. The van der Waals surface area contributed by atoms with Crippen LogP contribution < -0.4 is 5.32 Å². The van der Waals surface area contributed by atoms with Crippen molar-refractivity contribution in [3.05, 3.63) is 75.5 Å². The molecule has 0 aliphatic carbocycles. The summed E-state index contributed by atoms with van der Waals surface area (Å²) < 4.78 is 6.72. The Morgan fingerprint density at radius 2 is 1.85 bits per heavy atom. The van der Waals surface area contributed by atoms with Crippen LogP contribution in [0.25, 0.3) is 17.1 Å². The first-order valence-corrected chi connectivity index (χ1v) is 11.3. The molecular formula is C23H20ClN5O3S. The van der Waals surface area contributed by atoms with Gasteiger partial charge in [0.15, 0.2) is 23.3 Å². The Morgan fingerprint density at radius 3 is 2.55 bits per heavy atom. The summed E-state index contributed by atoms with van der Waals surface area (Å²) in [5.41, 5.74) is 4.44. The van der Waals surface area contributed by atoms with Crippen molar-refractivity contribution in [1.29, 1.82) is 0 Å². The lowest BCUT2D eigenvalue weighted by molar-refractivity contribution is -0.119. The summed E-state index contributed by atoms with van der Waals surface area (Å²) in [6, 6.07) is 13.0. The summed E-state index contributed by atoms with van der Waals surface area (Å²) in [6.07, 6.45) is 0. The minimum atomic E-state index is -0.807. The van der Waals surface area contributed by atoms with Gasteiger partial charge in [0, 0.05) is 16.6 Å². The van der Waals surface area contributed by atoms with Crippen LogP contribution in [0.4, 0.5) is 5.13 Å². The maximum absolute atomic E-state index is 12.5. The number of carbonyl (C=O) groups excluding carboxylic acids is 2. The number of aryl methyl sites for hydroxylation is 3. The van der Waals surface area contributed by atoms with Crippen molar-refractivity contribution in [2.75, 3.05) is 11.9 Å². The van der Waals surface area contributed by atoms with E-state index >= 15 is 0 Å². The number of anilines is 1. The number of ether oxygens (including phenoxy) is 1. The van der Waals surface area contributed by atoms with Gasteiger partial charge in [-0.3, -0.25) is 10.1 Å². The zero-order chi connectivity index (χ0) is 23.5. The molecule has 8 nitrogen and oxygen atoms in total. The molecule has 3 aromatic heterocycles. The molecule has 0 saturated carbocycles. The number of halogens is 1. The summed E-state index contributed by atoms with van der Waals surface area (Å²) in [5.74, 6) is -0.898. The fourth-order valence-electron chi connectivity index (χ4n) is 3.10. The van der Waals surface area contributed by atoms with E-state index in [2.05, 4.69) is 20.4 Å². The number of carbonyl (C=O) groups is 2. The van der Waals surface area contributed by atoms with E-state index in [0.717, 1.165) is 28.2 Å². The summed E-state index contributed by atoms with van der Waals surface area (Å²) in [6.45, 7) is 5.25. The van der Waals surface area contributed by atoms with Gasteiger partial charge in [0.2, 0.25) is 0 Å². The average molecular weight is 482 g/mol. The molecule has 1 aromatic carbocycles. The first-order chi connectivity index (χ1) is 15.8. The van der Waals surface area contributed by atoms with Crippen molar-refractivity contribution in [1.82, 2.24) is 19.7 Å². The van der Waals surface area contributed by atoms with Crippen molar-refractivity contribution in [3.63, 3.8) is 0 Å². The molecule has 0 aliphatic rings. The number of nitrogens with zero attached hydrogens (tertiary/aromatic N) is 4. The van der Waals surface area contributed by atoms with Gasteiger partial charge in [-0.05, 0) is 39.0 Å². The van der Waals surface area contributed by atoms with Gasteiger partial charge in [-0.1, -0.05) is 41.4 Å². The first-order valence-electron chi connectivity index (χ1n) is 10.00. The lowest BCUT2D eigenvalue weighted by Gasteiger charge is -2.08. The Balaban J connectivity index is 1.39. The Hall–Kier alpha value is -3.56. The van der Waals surface area contributed by atoms with Crippen molar-refractivity contribution in [2.24, 2.45) is 0 Å². The van der Waals surface area contributed by atoms with Gasteiger partial charge >= 0.3 is 5.97 Å². The Morgan fingerprint density at radius 1 is 1.09 bits per heavy atom. The molecular weight excluding hydrogens is 462 g/mol. The molecule has 0 atom stereocenters. The van der Waals surface area contributed by atoms with Crippen LogP contribution in [0.3, 0.4) is 0 Å².